The van der Waals surface area contributed by atoms with Crippen LogP contribution in [0.1, 0.15) is 5.56 Å². The maximum Gasteiger partial charge on any atom is 0.231 e. The van der Waals surface area contributed by atoms with Gasteiger partial charge in [0, 0.05) is 17.3 Å². The normalized spacial score (nSPS) is 11.7. The number of aromatic nitrogens is 2. The minimum absolute atomic E-state index is 0.190. The molecule has 4 rings (SSSR count). The largest absolute Gasteiger partial charge is 0.493 e. The van der Waals surface area contributed by atoms with Crippen LogP contribution in [0.3, 0.4) is 0 Å². The predicted octanol–water partition coefficient (Wildman–Crippen LogP) is 4.23. The first-order valence-electron chi connectivity index (χ1n) is 8.92. The van der Waals surface area contributed by atoms with Crippen molar-refractivity contribution in [3.63, 3.8) is 0 Å². The molecule has 9 heteroatoms. The number of anilines is 2. The molecule has 0 saturated carbocycles. The monoisotopic (exact) mass is 422 g/mol. The fourth-order valence-corrected chi connectivity index (χ4v) is 3.40. The van der Waals surface area contributed by atoms with Crippen LogP contribution in [0.25, 0.3) is 11.3 Å². The molecule has 3 aromatic rings. The minimum atomic E-state index is 0.190. The zero-order valence-electron chi connectivity index (χ0n) is 16.6. The van der Waals surface area contributed by atoms with Crippen molar-refractivity contribution in [2.45, 2.75) is 5.16 Å². The average Bonchev–Trinajstić information content (AvgIpc) is 3.26. The van der Waals surface area contributed by atoms with E-state index in [1.54, 1.807) is 32.4 Å². The van der Waals surface area contributed by atoms with Crippen LogP contribution in [0.2, 0.25) is 0 Å². The van der Waals surface area contributed by atoms with Crippen LogP contribution in [0, 0.1) is 11.3 Å². The van der Waals surface area contributed by atoms with Crippen LogP contribution in [0.4, 0.5) is 11.5 Å². The summed E-state index contributed by atoms with van der Waals surface area (Å²) in [4.78, 5) is 9.08. The summed E-state index contributed by atoms with van der Waals surface area (Å²) in [5.41, 5.74) is 2.26. The number of nitrogens with zero attached hydrogens (tertiary/aromatic N) is 3. The highest BCUT2D eigenvalue weighted by Gasteiger charge is 2.19. The Kier molecular flexibility index (Phi) is 5.50. The summed E-state index contributed by atoms with van der Waals surface area (Å²) in [5.74, 6) is 2.86. The Morgan fingerprint density at radius 2 is 1.83 bits per heavy atom. The standard InChI is InChI=1S/C21H18N4O4S/c1-26-15-6-4-12(8-17(15)27-2)19-14(10-22)20(25-21(24-19)30-3)23-13-5-7-16-18(9-13)29-11-28-16/h4-9H,11H2,1-3H3,(H,23,24,25). The van der Waals surface area contributed by atoms with Gasteiger partial charge in [-0.25, -0.2) is 9.97 Å². The molecule has 0 fully saturated rings. The second-order valence-electron chi connectivity index (χ2n) is 6.16. The van der Waals surface area contributed by atoms with Gasteiger partial charge in [0.2, 0.25) is 6.79 Å². The smallest absolute Gasteiger partial charge is 0.231 e. The molecule has 152 valence electrons. The third-order valence-corrected chi connectivity index (χ3v) is 5.02. The summed E-state index contributed by atoms with van der Waals surface area (Å²) in [6.45, 7) is 0.190. The molecule has 30 heavy (non-hydrogen) atoms. The van der Waals surface area contributed by atoms with Crippen molar-refractivity contribution in [1.82, 2.24) is 9.97 Å². The van der Waals surface area contributed by atoms with E-state index in [1.165, 1.54) is 11.8 Å². The van der Waals surface area contributed by atoms with E-state index in [1.807, 2.05) is 24.5 Å². The maximum atomic E-state index is 9.91. The molecule has 8 nitrogen and oxygen atoms in total. The molecule has 2 heterocycles. The lowest BCUT2D eigenvalue weighted by Crippen LogP contribution is -2.03. The summed E-state index contributed by atoms with van der Waals surface area (Å²) in [6.07, 6.45) is 1.88. The second-order valence-corrected chi connectivity index (χ2v) is 6.93. The number of hydrogen-bond donors (Lipinski definition) is 1. The fourth-order valence-electron chi connectivity index (χ4n) is 3.03. The van der Waals surface area contributed by atoms with Gasteiger partial charge >= 0.3 is 0 Å². The zero-order valence-corrected chi connectivity index (χ0v) is 17.4. The van der Waals surface area contributed by atoms with Gasteiger partial charge in [0.15, 0.2) is 34.0 Å². The highest BCUT2D eigenvalue weighted by molar-refractivity contribution is 7.98. The number of rotatable bonds is 6. The fraction of sp³-hybridized carbons (Fsp3) is 0.190. The van der Waals surface area contributed by atoms with Crippen molar-refractivity contribution in [1.29, 1.82) is 5.26 Å². The van der Waals surface area contributed by atoms with E-state index < -0.39 is 0 Å². The number of hydrogen-bond acceptors (Lipinski definition) is 9. The summed E-state index contributed by atoms with van der Waals surface area (Å²) < 4.78 is 21.5. The van der Waals surface area contributed by atoms with Crippen LogP contribution in [-0.2, 0) is 0 Å². The van der Waals surface area contributed by atoms with Gasteiger partial charge in [-0.05, 0) is 36.6 Å². The molecule has 1 aromatic heterocycles. The van der Waals surface area contributed by atoms with Crippen LogP contribution in [0.5, 0.6) is 23.0 Å². The Hall–Kier alpha value is -3.64. The molecule has 0 atom stereocenters. The molecule has 1 N–H and O–H groups in total. The molecule has 0 amide bonds. The topological polar surface area (TPSA) is 98.5 Å². The highest BCUT2D eigenvalue weighted by atomic mass is 32.2. The van der Waals surface area contributed by atoms with Crippen LogP contribution in [0.15, 0.2) is 41.6 Å². The third kappa shape index (κ3) is 3.65. The first-order valence-corrected chi connectivity index (χ1v) is 10.1. The number of ether oxygens (including phenoxy) is 4. The molecule has 1 aliphatic heterocycles. The number of thioether (sulfide) groups is 1. The van der Waals surface area contributed by atoms with E-state index in [9.17, 15) is 5.26 Å². The predicted molar refractivity (Wildman–Crippen MR) is 113 cm³/mol. The summed E-state index contributed by atoms with van der Waals surface area (Å²) in [5, 5.41) is 13.6. The Morgan fingerprint density at radius 3 is 2.57 bits per heavy atom. The molecule has 0 unspecified atom stereocenters. The molecule has 2 aromatic carbocycles. The van der Waals surface area contributed by atoms with Gasteiger partial charge < -0.3 is 24.3 Å². The van der Waals surface area contributed by atoms with E-state index in [0.717, 1.165) is 11.3 Å². The zero-order chi connectivity index (χ0) is 21.1. The maximum absolute atomic E-state index is 9.91. The van der Waals surface area contributed by atoms with Crippen LogP contribution >= 0.6 is 11.8 Å². The Bertz CT molecular complexity index is 1150. The van der Waals surface area contributed by atoms with Gasteiger partial charge in [-0.1, -0.05) is 11.8 Å². The molecule has 0 aliphatic carbocycles. The SMILES string of the molecule is COc1ccc(-c2nc(SC)nc(Nc3ccc4c(c3)OCO4)c2C#N)cc1OC. The lowest BCUT2D eigenvalue weighted by molar-refractivity contribution is 0.174. The second kappa shape index (κ2) is 8.39. The minimum Gasteiger partial charge on any atom is -0.493 e. The number of benzene rings is 2. The first-order chi connectivity index (χ1) is 14.7. The van der Waals surface area contributed by atoms with Crippen molar-refractivity contribution >= 4 is 23.3 Å². The van der Waals surface area contributed by atoms with Gasteiger partial charge in [-0.2, -0.15) is 5.26 Å². The number of nitriles is 1. The van der Waals surface area contributed by atoms with Gasteiger partial charge in [0.05, 0.1) is 19.9 Å². The summed E-state index contributed by atoms with van der Waals surface area (Å²) >= 11 is 1.39. The van der Waals surface area contributed by atoms with Crippen molar-refractivity contribution in [2.75, 3.05) is 32.6 Å². The lowest BCUT2D eigenvalue weighted by atomic mass is 10.1. The molecular weight excluding hydrogens is 404 g/mol. The molecule has 1 aliphatic rings. The average molecular weight is 422 g/mol. The van der Waals surface area contributed by atoms with E-state index >= 15 is 0 Å². The number of methoxy groups -OCH3 is 2. The Balaban J connectivity index is 1.80. The summed E-state index contributed by atoms with van der Waals surface area (Å²) in [7, 11) is 3.13. The molecule has 0 spiro atoms. The highest BCUT2D eigenvalue weighted by Crippen LogP contribution is 2.38. The van der Waals surface area contributed by atoms with E-state index in [2.05, 4.69) is 21.4 Å². The molecule has 0 saturated heterocycles. The van der Waals surface area contributed by atoms with Gasteiger partial charge in [0.25, 0.3) is 0 Å². The van der Waals surface area contributed by atoms with Crippen LogP contribution < -0.4 is 24.3 Å². The van der Waals surface area contributed by atoms with Crippen molar-refractivity contribution in [2.24, 2.45) is 0 Å². The van der Waals surface area contributed by atoms with Gasteiger partial charge in [-0.15, -0.1) is 0 Å². The molecule has 0 radical (unpaired) electrons. The van der Waals surface area contributed by atoms with E-state index in [-0.39, 0.29) is 6.79 Å². The van der Waals surface area contributed by atoms with E-state index in [0.29, 0.717) is 45.2 Å². The third-order valence-electron chi connectivity index (χ3n) is 4.48. The quantitative estimate of drug-likeness (QED) is 0.462. The Labute approximate surface area is 177 Å². The Morgan fingerprint density at radius 1 is 1.03 bits per heavy atom. The first kappa shape index (κ1) is 19.7. The van der Waals surface area contributed by atoms with E-state index in [4.69, 9.17) is 18.9 Å². The molecule has 0 bridgehead atoms. The lowest BCUT2D eigenvalue weighted by Gasteiger charge is -2.14. The van der Waals surface area contributed by atoms with Crippen LogP contribution in [-0.4, -0.2) is 37.2 Å². The van der Waals surface area contributed by atoms with Crippen molar-refractivity contribution < 1.29 is 18.9 Å². The van der Waals surface area contributed by atoms with Gasteiger partial charge in [-0.3, -0.25) is 0 Å². The van der Waals surface area contributed by atoms with Gasteiger partial charge in [0.1, 0.15) is 11.6 Å². The molecular formula is C21H18N4O4S. The van der Waals surface area contributed by atoms with Crippen molar-refractivity contribution in [3.05, 3.63) is 42.0 Å². The summed E-state index contributed by atoms with van der Waals surface area (Å²) in [6, 6.07) is 13.1. The number of nitrogens with one attached hydrogen (secondary N) is 1. The van der Waals surface area contributed by atoms with Crippen molar-refractivity contribution in [3.8, 4) is 40.3 Å². The number of fused-ring (bicyclic) bond motifs is 1.